The monoisotopic (exact) mass is 437 g/mol. The molecule has 1 aromatic heterocycles. The van der Waals surface area contributed by atoms with Gasteiger partial charge >= 0.3 is 0 Å². The van der Waals surface area contributed by atoms with Crippen LogP contribution in [0.15, 0.2) is 53.5 Å². The van der Waals surface area contributed by atoms with Gasteiger partial charge in [0, 0.05) is 22.8 Å². The lowest BCUT2D eigenvalue weighted by atomic mass is 10.2. The minimum Gasteiger partial charge on any atom is -0.437 e. The smallest absolute Gasteiger partial charge is 0.230 e. The number of hydrogen-bond donors (Lipinski definition) is 2. The molecule has 0 amide bonds. The van der Waals surface area contributed by atoms with Crippen LogP contribution < -0.4 is 10.2 Å². The van der Waals surface area contributed by atoms with E-state index in [1.54, 1.807) is 31.2 Å². The summed E-state index contributed by atoms with van der Waals surface area (Å²) in [5.41, 5.74) is 3.22. The molecule has 3 rings (SSSR count). The molecule has 1 heterocycles. The highest BCUT2D eigenvalue weighted by atomic mass is 35.5. The van der Waals surface area contributed by atoms with Crippen molar-refractivity contribution in [2.45, 2.75) is 13.5 Å². The molecule has 9 heteroatoms. The number of aryl methyl sites for hydroxylation is 1. The molecule has 0 spiro atoms. The van der Waals surface area contributed by atoms with E-state index in [0.717, 1.165) is 18.2 Å². The van der Waals surface area contributed by atoms with Gasteiger partial charge in [-0.25, -0.2) is 13.8 Å². The zero-order valence-electron chi connectivity index (χ0n) is 15.1. The van der Waals surface area contributed by atoms with Crippen LogP contribution in [0.3, 0.4) is 0 Å². The summed E-state index contributed by atoms with van der Waals surface area (Å²) in [6.45, 7) is 1.66. The Morgan fingerprint density at radius 1 is 1.10 bits per heavy atom. The molecule has 5 nitrogen and oxygen atoms in total. The fraction of sp³-hybridized carbons (Fsp3) is 0.100. The number of ether oxygens (including phenoxy) is 1. The van der Waals surface area contributed by atoms with Crippen molar-refractivity contribution in [3.63, 3.8) is 0 Å². The average Bonchev–Trinajstić information content (AvgIpc) is 2.66. The number of aromatic nitrogens is 1. The number of hydroxylamine groups is 1. The summed E-state index contributed by atoms with van der Waals surface area (Å²) in [5, 5.41) is 10.3. The van der Waals surface area contributed by atoms with Gasteiger partial charge in [0.1, 0.15) is 17.4 Å². The van der Waals surface area contributed by atoms with E-state index in [9.17, 15) is 14.0 Å². The Morgan fingerprint density at radius 2 is 1.83 bits per heavy atom. The summed E-state index contributed by atoms with van der Waals surface area (Å²) < 4.78 is 32.5. The van der Waals surface area contributed by atoms with E-state index < -0.39 is 11.6 Å². The predicted molar refractivity (Wildman–Crippen MR) is 107 cm³/mol. The van der Waals surface area contributed by atoms with Gasteiger partial charge in [-0.05, 0) is 48.9 Å². The van der Waals surface area contributed by atoms with Crippen LogP contribution in [-0.4, -0.2) is 16.0 Å². The molecule has 0 atom stereocenters. The molecule has 0 aliphatic heterocycles. The van der Waals surface area contributed by atoms with E-state index in [1.807, 2.05) is 5.48 Å². The van der Waals surface area contributed by atoms with Gasteiger partial charge in [0.15, 0.2) is 5.84 Å². The second-order valence-corrected chi connectivity index (χ2v) is 6.88. The molecular weight excluding hydrogens is 423 g/mol. The van der Waals surface area contributed by atoms with Gasteiger partial charge in [0.25, 0.3) is 0 Å². The van der Waals surface area contributed by atoms with Gasteiger partial charge in [-0.15, -0.1) is 0 Å². The molecule has 3 aromatic rings. The molecule has 0 radical (unpaired) electrons. The van der Waals surface area contributed by atoms with Crippen LogP contribution in [0.2, 0.25) is 10.0 Å². The van der Waals surface area contributed by atoms with E-state index in [2.05, 4.69) is 9.98 Å². The molecule has 2 aromatic carbocycles. The molecule has 0 saturated heterocycles. The first-order valence-corrected chi connectivity index (χ1v) is 9.12. The maximum atomic E-state index is 13.4. The van der Waals surface area contributed by atoms with Crippen LogP contribution in [0, 0.1) is 18.6 Å². The molecule has 0 aliphatic carbocycles. The Bertz CT molecular complexity index is 1060. The summed E-state index contributed by atoms with van der Waals surface area (Å²) in [5.74, 6) is -1.06. The molecule has 0 fully saturated rings. The highest BCUT2D eigenvalue weighted by molar-refractivity contribution is 6.34. The van der Waals surface area contributed by atoms with Crippen molar-refractivity contribution in [2.24, 2.45) is 4.99 Å². The van der Waals surface area contributed by atoms with Crippen molar-refractivity contribution in [1.82, 2.24) is 10.5 Å². The SMILES string of the molecule is Cc1ccc(C(=NCc2cc(F)cc(F)c2)NO)c(Oc2cc(Cl)ccc2Cl)n1. The summed E-state index contributed by atoms with van der Waals surface area (Å²) in [6, 6.07) is 11.1. The number of rotatable bonds is 5. The second kappa shape index (κ2) is 9.17. The Hall–Kier alpha value is -2.74. The number of nitrogens with one attached hydrogen (secondary N) is 1. The minimum atomic E-state index is -0.717. The largest absolute Gasteiger partial charge is 0.437 e. The lowest BCUT2D eigenvalue weighted by Gasteiger charge is -2.13. The molecule has 0 aliphatic rings. The first-order chi connectivity index (χ1) is 13.9. The van der Waals surface area contributed by atoms with Crippen molar-refractivity contribution in [3.8, 4) is 11.6 Å². The molecule has 2 N–H and O–H groups in total. The van der Waals surface area contributed by atoms with Gasteiger partial charge in [-0.1, -0.05) is 23.2 Å². The summed E-state index contributed by atoms with van der Waals surface area (Å²) in [4.78, 5) is 8.50. The Morgan fingerprint density at radius 3 is 2.52 bits per heavy atom. The van der Waals surface area contributed by atoms with Crippen molar-refractivity contribution in [1.29, 1.82) is 0 Å². The van der Waals surface area contributed by atoms with E-state index >= 15 is 0 Å². The van der Waals surface area contributed by atoms with Crippen molar-refractivity contribution >= 4 is 29.0 Å². The standard InChI is InChI=1S/C20H15Cl2F2N3O2/c1-11-2-4-16(20(26-11)29-18-8-13(21)3-5-17(18)22)19(27-28)25-10-12-6-14(23)9-15(24)7-12/h2-9,28H,10H2,1H3,(H,25,27). The number of amidine groups is 1. The lowest BCUT2D eigenvalue weighted by Crippen LogP contribution is -2.22. The fourth-order valence-corrected chi connectivity index (χ4v) is 2.82. The maximum absolute atomic E-state index is 13.4. The summed E-state index contributed by atoms with van der Waals surface area (Å²) in [6.07, 6.45) is 0. The second-order valence-electron chi connectivity index (χ2n) is 6.04. The minimum absolute atomic E-state index is 0.00433. The first-order valence-electron chi connectivity index (χ1n) is 8.36. The molecule has 0 saturated carbocycles. The van der Waals surface area contributed by atoms with Gasteiger partial charge < -0.3 is 4.74 Å². The van der Waals surface area contributed by atoms with Gasteiger partial charge in [-0.3, -0.25) is 15.7 Å². The molecule has 150 valence electrons. The third-order valence-electron chi connectivity index (χ3n) is 3.80. The maximum Gasteiger partial charge on any atom is 0.230 e. The number of pyridine rings is 1. The third-order valence-corrected chi connectivity index (χ3v) is 4.35. The third kappa shape index (κ3) is 5.41. The Labute approximate surface area is 175 Å². The quantitative estimate of drug-likeness (QED) is 0.305. The zero-order valence-corrected chi connectivity index (χ0v) is 16.6. The highest BCUT2D eigenvalue weighted by Crippen LogP contribution is 2.32. The summed E-state index contributed by atoms with van der Waals surface area (Å²) >= 11 is 12.1. The molecule has 29 heavy (non-hydrogen) atoms. The zero-order chi connectivity index (χ0) is 21.0. The number of hydrogen-bond acceptors (Lipinski definition) is 4. The van der Waals surface area contributed by atoms with Crippen LogP contribution in [0.1, 0.15) is 16.8 Å². The predicted octanol–water partition coefficient (Wildman–Crippen LogP) is 5.69. The number of halogens is 4. The Balaban J connectivity index is 1.96. The first kappa shape index (κ1) is 21.0. The van der Waals surface area contributed by atoms with Crippen molar-refractivity contribution < 1.29 is 18.7 Å². The lowest BCUT2D eigenvalue weighted by molar-refractivity contribution is 0.234. The van der Waals surface area contributed by atoms with Gasteiger partial charge in [0.05, 0.1) is 17.1 Å². The highest BCUT2D eigenvalue weighted by Gasteiger charge is 2.15. The van der Waals surface area contributed by atoms with Crippen LogP contribution in [-0.2, 0) is 6.54 Å². The van der Waals surface area contributed by atoms with Crippen LogP contribution in [0.25, 0.3) is 0 Å². The van der Waals surface area contributed by atoms with E-state index in [0.29, 0.717) is 21.3 Å². The van der Waals surface area contributed by atoms with Crippen LogP contribution >= 0.6 is 23.2 Å². The topological polar surface area (TPSA) is 66.7 Å². The normalized spacial score (nSPS) is 11.4. The Kier molecular flexibility index (Phi) is 6.64. The van der Waals surface area contributed by atoms with Crippen molar-refractivity contribution in [2.75, 3.05) is 0 Å². The van der Waals surface area contributed by atoms with E-state index in [1.165, 1.54) is 6.07 Å². The molecule has 0 unspecified atom stereocenters. The fourth-order valence-electron chi connectivity index (χ4n) is 2.50. The van der Waals surface area contributed by atoms with Crippen molar-refractivity contribution in [3.05, 3.63) is 87.0 Å². The van der Waals surface area contributed by atoms with Crippen LogP contribution in [0.4, 0.5) is 8.78 Å². The van der Waals surface area contributed by atoms with Gasteiger partial charge in [0.2, 0.25) is 5.88 Å². The number of nitrogens with zero attached hydrogens (tertiary/aromatic N) is 2. The number of benzene rings is 2. The molecular formula is C20H15Cl2F2N3O2. The van der Waals surface area contributed by atoms with E-state index in [4.69, 9.17) is 27.9 Å². The molecule has 0 bridgehead atoms. The number of aliphatic imine (C=N–C) groups is 1. The van der Waals surface area contributed by atoms with Gasteiger partial charge in [-0.2, -0.15) is 0 Å². The average molecular weight is 438 g/mol. The summed E-state index contributed by atoms with van der Waals surface area (Å²) in [7, 11) is 0. The van der Waals surface area contributed by atoms with Crippen LogP contribution in [0.5, 0.6) is 11.6 Å². The van der Waals surface area contributed by atoms with E-state index in [-0.39, 0.29) is 29.6 Å².